The summed E-state index contributed by atoms with van der Waals surface area (Å²) in [5.41, 5.74) is 5.59. The van der Waals surface area contributed by atoms with Crippen LogP contribution in [0.5, 0.6) is 0 Å². The second kappa shape index (κ2) is 13.2. The number of nitrogens with one attached hydrogen (secondary N) is 1. The Labute approximate surface area is 246 Å². The highest BCUT2D eigenvalue weighted by atomic mass is 31.3. The van der Waals surface area contributed by atoms with Crippen LogP contribution < -0.4 is 11.3 Å². The molecule has 1 fully saturated rings. The van der Waals surface area contributed by atoms with Crippen molar-refractivity contribution in [3.8, 4) is 0 Å². The summed E-state index contributed by atoms with van der Waals surface area (Å²) in [5, 5.41) is 21.9. The van der Waals surface area contributed by atoms with E-state index in [1.54, 1.807) is 6.07 Å². The SMILES string of the molecule is COP(=O)(OC[C@H]1O[C@@H](n2cc(COCc3ccccc3[N+](=O)[O-])c3c(=O)[nH]c(N)nc32)C[C@H]1O)OP(=O)(O)OP(=O)(O)O. The molecule has 1 aromatic carbocycles. The average Bonchev–Trinajstić information content (AvgIpc) is 3.46. The van der Waals surface area contributed by atoms with Crippen molar-refractivity contribution in [3.63, 3.8) is 0 Å². The van der Waals surface area contributed by atoms with E-state index in [1.165, 1.54) is 29.0 Å². The van der Waals surface area contributed by atoms with Crippen LogP contribution in [-0.2, 0) is 54.1 Å². The lowest BCUT2D eigenvalue weighted by atomic mass is 10.2. The van der Waals surface area contributed by atoms with Crippen LogP contribution in [0.4, 0.5) is 11.6 Å². The van der Waals surface area contributed by atoms with Gasteiger partial charge in [-0.3, -0.25) is 28.9 Å². The minimum Gasteiger partial charge on any atom is -0.390 e. The Bertz CT molecular complexity index is 1740. The number of anilines is 1. The van der Waals surface area contributed by atoms with Gasteiger partial charge in [-0.1, -0.05) is 12.1 Å². The summed E-state index contributed by atoms with van der Waals surface area (Å²) in [4.78, 5) is 57.0. The summed E-state index contributed by atoms with van der Waals surface area (Å²) in [5.74, 6) is -0.239. The number of benzene rings is 1. The lowest BCUT2D eigenvalue weighted by Gasteiger charge is -2.21. The summed E-state index contributed by atoms with van der Waals surface area (Å²) in [6.45, 7) is -1.14. The van der Waals surface area contributed by atoms with E-state index in [0.29, 0.717) is 11.1 Å². The molecule has 1 aliphatic heterocycles. The van der Waals surface area contributed by atoms with Crippen molar-refractivity contribution < 1.29 is 65.5 Å². The lowest BCUT2D eigenvalue weighted by molar-refractivity contribution is -0.386. The number of rotatable bonds is 14. The van der Waals surface area contributed by atoms with Crippen LogP contribution >= 0.6 is 23.5 Å². The molecule has 44 heavy (non-hydrogen) atoms. The highest BCUT2D eigenvalue weighted by Crippen LogP contribution is 2.68. The molecular formula is C20H26N5O16P3. The van der Waals surface area contributed by atoms with Crippen molar-refractivity contribution in [1.82, 2.24) is 14.5 Å². The molecule has 3 aromatic rings. The van der Waals surface area contributed by atoms with Crippen molar-refractivity contribution in [2.45, 2.75) is 38.1 Å². The summed E-state index contributed by atoms with van der Waals surface area (Å²) in [7, 11) is -15.4. The summed E-state index contributed by atoms with van der Waals surface area (Å²) in [6.07, 6.45) is -2.31. The van der Waals surface area contributed by atoms with E-state index in [9.17, 15) is 38.6 Å². The first-order valence-corrected chi connectivity index (χ1v) is 16.6. The number of nitrogen functional groups attached to an aromatic ring is 1. The maximum atomic E-state index is 12.8. The van der Waals surface area contributed by atoms with Crippen LogP contribution in [0.1, 0.15) is 23.8 Å². The summed E-state index contributed by atoms with van der Waals surface area (Å²) < 4.78 is 65.3. The molecule has 4 rings (SSSR count). The Balaban J connectivity index is 1.51. The van der Waals surface area contributed by atoms with Crippen molar-refractivity contribution in [1.29, 1.82) is 0 Å². The molecule has 1 aliphatic rings. The Morgan fingerprint density at radius 2 is 1.86 bits per heavy atom. The highest BCUT2D eigenvalue weighted by Gasteiger charge is 2.44. The number of hydrogen-bond acceptors (Lipinski definition) is 15. The van der Waals surface area contributed by atoms with Gasteiger partial charge in [0, 0.05) is 31.4 Å². The molecule has 5 atom stereocenters. The number of H-pyrrole nitrogens is 1. The quantitative estimate of drug-likeness (QED) is 0.0797. The Morgan fingerprint density at radius 1 is 1.18 bits per heavy atom. The third-order valence-electron chi connectivity index (χ3n) is 6.03. The molecule has 0 bridgehead atoms. The fraction of sp³-hybridized carbons (Fsp3) is 0.400. The number of phosphoric ester groups is 1. The van der Waals surface area contributed by atoms with E-state index >= 15 is 0 Å². The van der Waals surface area contributed by atoms with Crippen molar-refractivity contribution in [3.05, 3.63) is 62.1 Å². The largest absolute Gasteiger partial charge is 0.490 e. The number of para-hydroxylation sites is 1. The molecule has 24 heteroatoms. The fourth-order valence-electron chi connectivity index (χ4n) is 4.24. The summed E-state index contributed by atoms with van der Waals surface area (Å²) in [6, 6.07) is 5.95. The first kappa shape index (κ1) is 34.0. The minimum atomic E-state index is -5.64. The molecule has 7 N–H and O–H groups in total. The number of nitro benzene ring substituents is 1. The van der Waals surface area contributed by atoms with Gasteiger partial charge in [0.25, 0.3) is 11.2 Å². The van der Waals surface area contributed by atoms with E-state index in [0.717, 1.165) is 7.11 Å². The molecular weight excluding hydrogens is 659 g/mol. The molecule has 0 radical (unpaired) electrons. The lowest BCUT2D eigenvalue weighted by Crippen LogP contribution is -2.26. The zero-order valence-corrected chi connectivity index (χ0v) is 25.1. The van der Waals surface area contributed by atoms with Gasteiger partial charge in [-0.05, 0) is 6.07 Å². The number of phosphoric acid groups is 3. The molecule has 21 nitrogen and oxygen atoms in total. The maximum absolute atomic E-state index is 12.8. The molecule has 3 heterocycles. The van der Waals surface area contributed by atoms with Crippen LogP contribution in [0.2, 0.25) is 0 Å². The topological polar surface area (TPSA) is 307 Å². The number of nitrogens with zero attached hydrogens (tertiary/aromatic N) is 3. The van der Waals surface area contributed by atoms with Gasteiger partial charge in [-0.2, -0.15) is 13.6 Å². The van der Waals surface area contributed by atoms with Crippen LogP contribution in [0.3, 0.4) is 0 Å². The number of aromatic amines is 1. The molecule has 0 aliphatic carbocycles. The van der Waals surface area contributed by atoms with Gasteiger partial charge in [0.2, 0.25) is 5.95 Å². The first-order valence-electron chi connectivity index (χ1n) is 12.1. The van der Waals surface area contributed by atoms with Crippen LogP contribution in [0.15, 0.2) is 35.3 Å². The third-order valence-corrected chi connectivity index (χ3v) is 10.2. The number of aromatic nitrogens is 3. The standard InChI is InChI=1S/C20H26N5O16P3/c1-36-44(35,41-43(33,34)40-42(30,31)32)38-10-15-14(26)6-16(39-15)24-7-12(17-18(24)22-20(21)23-19(17)27)9-37-8-11-4-2-3-5-13(11)25(28)29/h2-5,7,14-16,26H,6,8-10H2,1H3,(H,33,34)(H2,30,31,32)(H3,21,22,23,27)/t14-,15-,16-,44?/m1/s1. The van der Waals surface area contributed by atoms with Crippen LogP contribution in [0, 0.1) is 10.1 Å². The zero-order chi connectivity index (χ0) is 32.4. The number of aliphatic hydroxyl groups is 1. The predicted octanol–water partition coefficient (Wildman–Crippen LogP) is 1.58. The van der Waals surface area contributed by atoms with E-state index in [4.69, 9.17) is 29.5 Å². The number of nitrogens with two attached hydrogens (primary N) is 1. The molecule has 0 amide bonds. The monoisotopic (exact) mass is 685 g/mol. The van der Waals surface area contributed by atoms with Gasteiger partial charge in [-0.25, -0.2) is 13.7 Å². The van der Waals surface area contributed by atoms with Gasteiger partial charge >= 0.3 is 23.5 Å². The normalized spacial score (nSPS) is 21.7. The molecule has 2 unspecified atom stereocenters. The number of nitro groups is 1. The maximum Gasteiger partial charge on any atom is 0.490 e. The van der Waals surface area contributed by atoms with Crippen LogP contribution in [-0.4, -0.2) is 65.2 Å². The Hall–Kier alpha value is -2.87. The minimum absolute atomic E-state index is 0.0380. The highest BCUT2D eigenvalue weighted by molar-refractivity contribution is 7.66. The van der Waals surface area contributed by atoms with Crippen LogP contribution in [0.25, 0.3) is 11.0 Å². The third kappa shape index (κ3) is 8.23. The second-order valence-corrected chi connectivity index (χ2v) is 13.8. The number of aliphatic hydroxyl groups excluding tert-OH is 1. The Morgan fingerprint density at radius 3 is 2.52 bits per heavy atom. The van der Waals surface area contributed by atoms with E-state index in [2.05, 4.69) is 23.1 Å². The first-order chi connectivity index (χ1) is 20.5. The fourth-order valence-corrected chi connectivity index (χ4v) is 7.61. The van der Waals surface area contributed by atoms with Gasteiger partial charge in [0.05, 0.1) is 41.8 Å². The molecule has 242 valence electrons. The van der Waals surface area contributed by atoms with Crippen molar-refractivity contribution >= 4 is 46.1 Å². The smallest absolute Gasteiger partial charge is 0.390 e. The molecule has 0 saturated carbocycles. The zero-order valence-electron chi connectivity index (χ0n) is 22.4. The van der Waals surface area contributed by atoms with E-state index in [-0.39, 0.29) is 42.3 Å². The van der Waals surface area contributed by atoms with E-state index < -0.39 is 59.0 Å². The van der Waals surface area contributed by atoms with E-state index in [1.807, 2.05) is 0 Å². The Kier molecular flexibility index (Phi) is 10.2. The van der Waals surface area contributed by atoms with Gasteiger partial charge in [0.1, 0.15) is 12.3 Å². The molecule has 2 aromatic heterocycles. The predicted molar refractivity (Wildman–Crippen MR) is 145 cm³/mol. The van der Waals surface area contributed by atoms with Gasteiger partial charge in [0.15, 0.2) is 5.65 Å². The number of hydrogen-bond donors (Lipinski definition) is 6. The molecule has 1 saturated heterocycles. The number of ether oxygens (including phenoxy) is 2. The van der Waals surface area contributed by atoms with Crippen molar-refractivity contribution in [2.24, 2.45) is 0 Å². The van der Waals surface area contributed by atoms with Crippen molar-refractivity contribution in [2.75, 3.05) is 19.5 Å². The van der Waals surface area contributed by atoms with Gasteiger partial charge in [-0.15, -0.1) is 0 Å². The molecule has 0 spiro atoms. The summed E-state index contributed by atoms with van der Waals surface area (Å²) >= 11 is 0. The average molecular weight is 685 g/mol. The second-order valence-electron chi connectivity index (χ2n) is 9.07. The van der Waals surface area contributed by atoms with Gasteiger partial charge < -0.3 is 39.6 Å². The number of fused-ring (bicyclic) bond motifs is 1.